The number of carboxylic acid groups (broad SMARTS) is 2. The molecule has 0 aliphatic rings. The van der Waals surface area contributed by atoms with Gasteiger partial charge >= 0.3 is 37.7 Å². The van der Waals surface area contributed by atoms with Crippen LogP contribution in [0.4, 0.5) is 0 Å². The zero-order valence-electron chi connectivity index (χ0n) is 11.0. The van der Waals surface area contributed by atoms with E-state index in [1.165, 1.54) is 23.5 Å². The minimum absolute atomic E-state index is 0. The summed E-state index contributed by atoms with van der Waals surface area (Å²) in [6.07, 6.45) is 1.65. The summed E-state index contributed by atoms with van der Waals surface area (Å²) >= 11 is 2.99. The Hall–Kier alpha value is 0.820. The molecule has 0 aliphatic heterocycles. The number of aliphatic hydroxyl groups is 2. The van der Waals surface area contributed by atoms with Crippen molar-refractivity contribution in [2.45, 2.75) is 25.0 Å². The van der Waals surface area contributed by atoms with Crippen LogP contribution in [0.5, 0.6) is 0 Å². The van der Waals surface area contributed by atoms with Gasteiger partial charge in [0.05, 0.1) is 24.1 Å². The molecule has 0 heterocycles. The van der Waals surface area contributed by atoms with Gasteiger partial charge in [0.2, 0.25) is 0 Å². The van der Waals surface area contributed by atoms with Crippen molar-refractivity contribution in [1.82, 2.24) is 0 Å². The van der Waals surface area contributed by atoms with E-state index in [4.69, 9.17) is 10.2 Å². The minimum atomic E-state index is -1.39. The summed E-state index contributed by atoms with van der Waals surface area (Å²) in [6.45, 7) is 0. The van der Waals surface area contributed by atoms with Crippen LogP contribution in [0.2, 0.25) is 0 Å². The van der Waals surface area contributed by atoms with E-state index in [0.717, 1.165) is 0 Å². The van der Waals surface area contributed by atoms with Crippen molar-refractivity contribution in [2.75, 3.05) is 24.0 Å². The van der Waals surface area contributed by atoms with Gasteiger partial charge in [-0.3, -0.25) is 0 Å². The van der Waals surface area contributed by atoms with E-state index in [9.17, 15) is 19.8 Å². The van der Waals surface area contributed by atoms with Gasteiger partial charge in [-0.05, 0) is 36.9 Å². The largest absolute Gasteiger partial charge is 2.00 e. The third-order valence-electron chi connectivity index (χ3n) is 1.73. The van der Waals surface area contributed by atoms with E-state index in [-0.39, 0.29) is 50.6 Å². The van der Waals surface area contributed by atoms with E-state index in [2.05, 4.69) is 0 Å². The minimum Gasteiger partial charge on any atom is -0.547 e. The van der Waals surface area contributed by atoms with Crippen molar-refractivity contribution in [3.05, 3.63) is 0 Å². The number of aliphatic carboxylic acids is 2. The van der Waals surface area contributed by atoms with Crippen molar-refractivity contribution in [3.8, 4) is 0 Å². The Morgan fingerprint density at radius 2 is 1.21 bits per heavy atom. The smallest absolute Gasteiger partial charge is 0.547 e. The molecule has 108 valence electrons. The zero-order valence-corrected chi connectivity index (χ0v) is 14.9. The summed E-state index contributed by atoms with van der Waals surface area (Å²) in [5.41, 5.74) is 0. The number of thioether (sulfide) groups is 2. The van der Waals surface area contributed by atoms with Crippen LogP contribution in [0, 0.1) is 0 Å². The summed E-state index contributed by atoms with van der Waals surface area (Å²) in [4.78, 5) is 19.7. The van der Waals surface area contributed by atoms with E-state index in [1.807, 2.05) is 12.5 Å². The SMILES string of the molecule is CSCC[C@@H](O)C(=O)[O-].CSCC[C@@H](O)C(=O)[O-].[Ca+2]. The number of hydrogen-bond donors (Lipinski definition) is 2. The Kier molecular flexibility index (Phi) is 22.0. The average Bonchev–Trinajstić information content (AvgIpc) is 2.33. The first kappa shape index (κ1) is 24.8. The van der Waals surface area contributed by atoms with Crippen LogP contribution in [-0.2, 0) is 9.59 Å². The Balaban J connectivity index is -0.000000256. The van der Waals surface area contributed by atoms with Crippen LogP contribution < -0.4 is 10.2 Å². The van der Waals surface area contributed by atoms with Crippen molar-refractivity contribution >= 4 is 73.2 Å². The van der Waals surface area contributed by atoms with Gasteiger partial charge < -0.3 is 30.0 Å². The summed E-state index contributed by atoms with van der Waals surface area (Å²) < 4.78 is 0. The molecule has 2 N–H and O–H groups in total. The normalized spacial score (nSPS) is 12.4. The van der Waals surface area contributed by atoms with Gasteiger partial charge in [-0.2, -0.15) is 23.5 Å². The molecule has 0 spiro atoms. The predicted molar refractivity (Wildman–Crippen MR) is 73.8 cm³/mol. The second-order valence-corrected chi connectivity index (χ2v) is 5.20. The van der Waals surface area contributed by atoms with E-state index >= 15 is 0 Å². The maximum atomic E-state index is 9.83. The first-order valence-corrected chi connectivity index (χ1v) is 7.91. The van der Waals surface area contributed by atoms with Crippen molar-refractivity contribution in [1.29, 1.82) is 0 Å². The molecule has 0 aromatic carbocycles. The average molecular weight is 338 g/mol. The van der Waals surface area contributed by atoms with Crippen LogP contribution in [-0.4, -0.2) is 96.1 Å². The van der Waals surface area contributed by atoms with Crippen molar-refractivity contribution in [2.24, 2.45) is 0 Å². The second kappa shape index (κ2) is 16.9. The van der Waals surface area contributed by atoms with Crippen molar-refractivity contribution < 1.29 is 30.0 Å². The Labute approximate surface area is 151 Å². The van der Waals surface area contributed by atoms with Crippen LogP contribution in [0.15, 0.2) is 0 Å². The zero-order chi connectivity index (χ0) is 14.6. The number of hydrogen-bond acceptors (Lipinski definition) is 8. The first-order valence-electron chi connectivity index (χ1n) is 5.12. The van der Waals surface area contributed by atoms with Gasteiger partial charge in [0.1, 0.15) is 0 Å². The maximum absolute atomic E-state index is 9.83. The van der Waals surface area contributed by atoms with Crippen LogP contribution in [0.3, 0.4) is 0 Å². The summed E-state index contributed by atoms with van der Waals surface area (Å²) in [5, 5.41) is 36.8. The first-order chi connectivity index (χ1) is 8.36. The monoisotopic (exact) mass is 338 g/mol. The molecule has 0 radical (unpaired) electrons. The van der Waals surface area contributed by atoms with E-state index < -0.39 is 24.1 Å². The standard InChI is InChI=1S/2C5H10O3S.Ca/c2*1-9-3-2-4(6)5(7)8;/h2*4,6H,2-3H2,1H3,(H,7,8);/q;;+2/p-2/t2*4-;/m11./s1. The molecule has 0 saturated carbocycles. The molecule has 6 nitrogen and oxygen atoms in total. The second-order valence-electron chi connectivity index (χ2n) is 3.23. The van der Waals surface area contributed by atoms with Gasteiger partial charge in [-0.25, -0.2) is 0 Å². The Morgan fingerprint density at radius 3 is 1.37 bits per heavy atom. The molecule has 0 bridgehead atoms. The molecule has 0 unspecified atom stereocenters. The fourth-order valence-corrected chi connectivity index (χ4v) is 1.61. The fraction of sp³-hybridized carbons (Fsp3) is 0.800. The molecule has 0 aromatic rings. The third-order valence-corrected chi connectivity index (χ3v) is 3.02. The quantitative estimate of drug-likeness (QED) is 0.459. The van der Waals surface area contributed by atoms with Gasteiger partial charge in [0.15, 0.2) is 0 Å². The summed E-state index contributed by atoms with van der Waals surface area (Å²) in [7, 11) is 0. The van der Waals surface area contributed by atoms with E-state index in [0.29, 0.717) is 11.5 Å². The van der Waals surface area contributed by atoms with Gasteiger partial charge in [-0.1, -0.05) is 0 Å². The number of carbonyl (C=O) groups excluding carboxylic acids is 2. The number of aliphatic hydroxyl groups excluding tert-OH is 2. The summed E-state index contributed by atoms with van der Waals surface area (Å²) in [5.74, 6) is -1.47. The number of carbonyl (C=O) groups is 2. The molecule has 0 amide bonds. The van der Waals surface area contributed by atoms with Gasteiger partial charge in [0, 0.05) is 0 Å². The fourth-order valence-electron chi connectivity index (χ4n) is 0.695. The maximum Gasteiger partial charge on any atom is 2.00 e. The molecule has 19 heavy (non-hydrogen) atoms. The van der Waals surface area contributed by atoms with Crippen LogP contribution in [0.25, 0.3) is 0 Å². The Morgan fingerprint density at radius 1 is 0.947 bits per heavy atom. The molecule has 9 heteroatoms. The number of rotatable bonds is 8. The number of carboxylic acids is 2. The van der Waals surface area contributed by atoms with Crippen molar-refractivity contribution in [3.63, 3.8) is 0 Å². The molecule has 0 aliphatic carbocycles. The molecule has 0 aromatic heterocycles. The molecule has 0 saturated heterocycles. The van der Waals surface area contributed by atoms with Crippen LogP contribution in [0.1, 0.15) is 12.8 Å². The molecule has 0 fully saturated rings. The third kappa shape index (κ3) is 18.8. The van der Waals surface area contributed by atoms with Crippen LogP contribution >= 0.6 is 23.5 Å². The van der Waals surface area contributed by atoms with Gasteiger partial charge in [-0.15, -0.1) is 0 Å². The predicted octanol–water partition coefficient (Wildman–Crippen LogP) is -2.68. The molecular weight excluding hydrogens is 320 g/mol. The topological polar surface area (TPSA) is 121 Å². The summed E-state index contributed by atoms with van der Waals surface area (Å²) in [6, 6.07) is 0. The van der Waals surface area contributed by atoms with Gasteiger partial charge in [0.25, 0.3) is 0 Å². The molecule has 0 rings (SSSR count). The van der Waals surface area contributed by atoms with E-state index in [1.54, 1.807) is 0 Å². The molecular formula is C10H18CaO6S2. The Bertz CT molecular complexity index is 218. The molecule has 2 atom stereocenters.